The molecule has 10 aromatic carbocycles. The fraction of sp³-hybridized carbons (Fsp3) is 0. The van der Waals surface area contributed by atoms with E-state index in [4.69, 9.17) is 14.4 Å². The van der Waals surface area contributed by atoms with Crippen molar-refractivity contribution in [3.63, 3.8) is 0 Å². The predicted octanol–water partition coefficient (Wildman–Crippen LogP) is 14.6. The van der Waals surface area contributed by atoms with Gasteiger partial charge in [-0.15, -0.1) is 0 Å². The zero-order valence-electron chi connectivity index (χ0n) is 31.1. The Hall–Kier alpha value is -7.82. The minimum absolute atomic E-state index is 0.600. The van der Waals surface area contributed by atoms with Crippen molar-refractivity contribution in [2.45, 2.75) is 0 Å². The lowest BCUT2D eigenvalue weighted by Gasteiger charge is -2.15. The molecule has 0 saturated carbocycles. The summed E-state index contributed by atoms with van der Waals surface area (Å²) in [5.74, 6) is 0.600. The van der Waals surface area contributed by atoms with Gasteiger partial charge in [-0.1, -0.05) is 170 Å². The molecule has 0 N–H and O–H groups in total. The third-order valence-corrected chi connectivity index (χ3v) is 12.2. The number of aromatic nitrogens is 3. The highest BCUT2D eigenvalue weighted by atomic mass is 16.3. The second-order valence-corrected chi connectivity index (χ2v) is 15.2. The number of hydrogen-bond donors (Lipinski definition) is 0. The maximum absolute atomic E-state index is 7.08. The van der Waals surface area contributed by atoms with Crippen LogP contribution in [0.2, 0.25) is 0 Å². The molecule has 0 unspecified atom stereocenters. The first-order valence-corrected chi connectivity index (χ1v) is 19.8. The second kappa shape index (κ2) is 11.8. The number of furan rings is 1. The van der Waals surface area contributed by atoms with Gasteiger partial charge in [0.25, 0.3) is 0 Å². The molecule has 3 heterocycles. The van der Waals surface area contributed by atoms with Gasteiger partial charge in [0.1, 0.15) is 11.1 Å². The summed E-state index contributed by atoms with van der Waals surface area (Å²) in [5, 5.41) is 15.0. The van der Waals surface area contributed by atoms with Crippen LogP contribution in [0.15, 0.2) is 192 Å². The summed E-state index contributed by atoms with van der Waals surface area (Å²) < 4.78 is 9.34. The zero-order valence-corrected chi connectivity index (χ0v) is 31.1. The molecule has 268 valence electrons. The van der Waals surface area contributed by atoms with E-state index >= 15 is 0 Å². The van der Waals surface area contributed by atoms with Crippen molar-refractivity contribution < 1.29 is 4.42 Å². The highest BCUT2D eigenvalue weighted by Crippen LogP contribution is 2.50. The first-order valence-electron chi connectivity index (χ1n) is 19.8. The van der Waals surface area contributed by atoms with E-state index in [2.05, 4.69) is 193 Å². The number of para-hydroxylation sites is 2. The summed E-state index contributed by atoms with van der Waals surface area (Å²) >= 11 is 0. The van der Waals surface area contributed by atoms with Gasteiger partial charge in [0.05, 0.1) is 16.7 Å². The number of nitrogens with zero attached hydrogens (tertiary/aromatic N) is 3. The molecule has 13 aromatic rings. The lowest BCUT2D eigenvalue weighted by atomic mass is 9.89. The van der Waals surface area contributed by atoms with Crippen molar-refractivity contribution in [3.8, 4) is 28.3 Å². The maximum Gasteiger partial charge on any atom is 0.235 e. The van der Waals surface area contributed by atoms with E-state index < -0.39 is 0 Å². The van der Waals surface area contributed by atoms with Gasteiger partial charge >= 0.3 is 0 Å². The fourth-order valence-corrected chi connectivity index (χ4v) is 9.66. The molecule has 0 spiro atoms. The van der Waals surface area contributed by atoms with Gasteiger partial charge in [-0.05, 0) is 56.3 Å². The zero-order chi connectivity index (χ0) is 37.9. The molecule has 0 aliphatic rings. The third-order valence-electron chi connectivity index (χ3n) is 12.2. The average molecular weight is 738 g/mol. The number of benzene rings is 10. The van der Waals surface area contributed by atoms with E-state index in [-0.39, 0.29) is 0 Å². The Morgan fingerprint density at radius 1 is 0.362 bits per heavy atom. The van der Waals surface area contributed by atoms with Crippen LogP contribution in [0.25, 0.3) is 126 Å². The van der Waals surface area contributed by atoms with Gasteiger partial charge in [0, 0.05) is 48.7 Å². The van der Waals surface area contributed by atoms with E-state index in [9.17, 15) is 0 Å². The highest BCUT2D eigenvalue weighted by Gasteiger charge is 2.27. The van der Waals surface area contributed by atoms with Crippen molar-refractivity contribution in [1.82, 2.24) is 14.5 Å². The fourth-order valence-electron chi connectivity index (χ4n) is 9.66. The molecule has 0 radical (unpaired) electrons. The van der Waals surface area contributed by atoms with Crippen LogP contribution in [0, 0.1) is 0 Å². The van der Waals surface area contributed by atoms with Gasteiger partial charge in [0.15, 0.2) is 5.58 Å². The van der Waals surface area contributed by atoms with E-state index in [1.54, 1.807) is 0 Å². The molecule has 0 atom stereocenters. The number of hydrogen-bond acceptors (Lipinski definition) is 3. The van der Waals surface area contributed by atoms with Crippen molar-refractivity contribution in [1.29, 1.82) is 0 Å². The quantitative estimate of drug-likeness (QED) is 0.170. The minimum Gasteiger partial charge on any atom is -0.454 e. The molecule has 3 aromatic heterocycles. The lowest BCUT2D eigenvalue weighted by molar-refractivity contribution is 0.671. The monoisotopic (exact) mass is 737 g/mol. The molecule has 58 heavy (non-hydrogen) atoms. The van der Waals surface area contributed by atoms with Crippen LogP contribution in [0.1, 0.15) is 0 Å². The standard InChI is InChI=1S/C54H31N3O/c1-2-14-32(15-3-1)33-26-28-35(29-27-33)50-43-31-30-34-16-4-5-17-36(34)51(43)56-54(55-50)57-44-24-12-10-22-41(44)48-46-39-20-8-6-18-37(39)38-19-7-9-21-40(38)47(46)49-42-23-11-13-25-45(42)58-53(49)52(48)57/h1-31H. The molecular weight excluding hydrogens is 707 g/mol. The van der Waals surface area contributed by atoms with Crippen LogP contribution in [0.3, 0.4) is 0 Å². The highest BCUT2D eigenvalue weighted by molar-refractivity contribution is 6.44. The van der Waals surface area contributed by atoms with E-state index in [1.165, 1.54) is 37.9 Å². The Labute approximate surface area is 331 Å². The summed E-state index contributed by atoms with van der Waals surface area (Å²) in [5.41, 5.74) is 8.83. The van der Waals surface area contributed by atoms with Crippen LogP contribution in [-0.2, 0) is 0 Å². The SMILES string of the molecule is c1ccc(-c2ccc(-c3nc(-n4c5ccccc5c5c6c7ccccc7c7ccccc7c6c6c7ccccc7oc6c54)nc4c3ccc3ccccc34)cc2)cc1. The van der Waals surface area contributed by atoms with E-state index in [0.29, 0.717) is 5.95 Å². The molecule has 0 bridgehead atoms. The topological polar surface area (TPSA) is 43.9 Å². The molecule has 4 heteroatoms. The van der Waals surface area contributed by atoms with Crippen molar-refractivity contribution in [3.05, 3.63) is 188 Å². The Morgan fingerprint density at radius 2 is 0.931 bits per heavy atom. The van der Waals surface area contributed by atoms with Gasteiger partial charge < -0.3 is 4.42 Å². The first kappa shape index (κ1) is 31.4. The van der Waals surface area contributed by atoms with Gasteiger partial charge in [0.2, 0.25) is 5.95 Å². The minimum atomic E-state index is 0.600. The van der Waals surface area contributed by atoms with Crippen LogP contribution >= 0.6 is 0 Å². The van der Waals surface area contributed by atoms with Crippen molar-refractivity contribution >= 4 is 97.7 Å². The van der Waals surface area contributed by atoms with Gasteiger partial charge in [-0.3, -0.25) is 4.57 Å². The molecule has 0 saturated heterocycles. The Kier molecular flexibility index (Phi) is 6.41. The Bertz CT molecular complexity index is 3840. The van der Waals surface area contributed by atoms with Crippen LogP contribution in [0.4, 0.5) is 0 Å². The maximum atomic E-state index is 7.08. The first-order chi connectivity index (χ1) is 28.8. The van der Waals surface area contributed by atoms with Crippen molar-refractivity contribution in [2.75, 3.05) is 0 Å². The molecule has 4 nitrogen and oxygen atoms in total. The summed E-state index contributed by atoms with van der Waals surface area (Å²) in [7, 11) is 0. The Balaban J connectivity index is 1.24. The van der Waals surface area contributed by atoms with Gasteiger partial charge in [-0.25, -0.2) is 9.97 Å². The third kappa shape index (κ3) is 4.29. The largest absolute Gasteiger partial charge is 0.454 e. The molecule has 0 aliphatic heterocycles. The summed E-state index contributed by atoms with van der Waals surface area (Å²) in [6.07, 6.45) is 0. The number of rotatable bonds is 3. The predicted molar refractivity (Wildman–Crippen MR) is 242 cm³/mol. The molecule has 0 amide bonds. The molecule has 13 rings (SSSR count). The molecule has 0 aliphatic carbocycles. The normalized spacial score (nSPS) is 12.1. The molecular formula is C54H31N3O. The van der Waals surface area contributed by atoms with Crippen LogP contribution in [0.5, 0.6) is 0 Å². The second-order valence-electron chi connectivity index (χ2n) is 15.2. The van der Waals surface area contributed by atoms with Crippen LogP contribution < -0.4 is 0 Å². The smallest absolute Gasteiger partial charge is 0.235 e. The Morgan fingerprint density at radius 3 is 1.69 bits per heavy atom. The average Bonchev–Trinajstić information content (AvgIpc) is 3.86. The lowest BCUT2D eigenvalue weighted by Crippen LogP contribution is -2.04. The summed E-state index contributed by atoms with van der Waals surface area (Å²) in [6, 6.07) is 66.9. The van der Waals surface area contributed by atoms with E-state index in [0.717, 1.165) is 82.2 Å². The van der Waals surface area contributed by atoms with Crippen molar-refractivity contribution in [2.24, 2.45) is 0 Å². The summed E-state index contributed by atoms with van der Waals surface area (Å²) in [6.45, 7) is 0. The van der Waals surface area contributed by atoms with Crippen LogP contribution in [-0.4, -0.2) is 14.5 Å². The van der Waals surface area contributed by atoms with Gasteiger partial charge in [-0.2, -0.15) is 0 Å². The summed E-state index contributed by atoms with van der Waals surface area (Å²) in [4.78, 5) is 11.1. The van der Waals surface area contributed by atoms with E-state index in [1.807, 2.05) is 0 Å². The molecule has 0 fully saturated rings. The number of fused-ring (bicyclic) bond motifs is 18.